The lowest BCUT2D eigenvalue weighted by Gasteiger charge is -2.13. The summed E-state index contributed by atoms with van der Waals surface area (Å²) in [6.07, 6.45) is 2.51. The summed E-state index contributed by atoms with van der Waals surface area (Å²) in [7, 11) is 3.48. The Hall–Kier alpha value is -1.40. The van der Waals surface area contributed by atoms with Gasteiger partial charge in [0, 0.05) is 30.2 Å². The Morgan fingerprint density at radius 1 is 1.50 bits per heavy atom. The molecule has 5 nitrogen and oxygen atoms in total. The van der Waals surface area contributed by atoms with Crippen LogP contribution in [0.5, 0.6) is 5.75 Å². The van der Waals surface area contributed by atoms with Gasteiger partial charge in [0.25, 0.3) is 0 Å². The second-order valence-electron chi connectivity index (χ2n) is 4.08. The van der Waals surface area contributed by atoms with E-state index in [1.54, 1.807) is 11.8 Å². The topological polar surface area (TPSA) is 66.0 Å². The number of nitrogens with two attached hydrogens (primary N) is 1. The normalized spacial score (nSPS) is 12.4. The number of ether oxygens (including phenoxy) is 1. The smallest absolute Gasteiger partial charge is 0.119 e. The molecule has 2 rings (SSSR count). The van der Waals surface area contributed by atoms with Crippen molar-refractivity contribution >= 4 is 15.9 Å². The summed E-state index contributed by atoms with van der Waals surface area (Å²) in [5.41, 5.74) is 8.07. The first-order valence-corrected chi connectivity index (χ1v) is 6.33. The van der Waals surface area contributed by atoms with Gasteiger partial charge in [0.05, 0.1) is 12.8 Å². The number of rotatable bonds is 4. The zero-order valence-electron chi connectivity index (χ0n) is 10.3. The standard InChI is InChI=1S/C12H15BrN4O/c1-17-7-8(15-16-17)5-12(14)10-6-9(18-2)3-4-11(10)13/h3-4,6-7,12H,5,14H2,1-2H3. The molecule has 0 aliphatic carbocycles. The van der Waals surface area contributed by atoms with E-state index >= 15 is 0 Å². The summed E-state index contributed by atoms with van der Waals surface area (Å²) in [5, 5.41) is 7.93. The third-order valence-corrected chi connectivity index (χ3v) is 3.40. The Labute approximate surface area is 114 Å². The molecule has 0 aliphatic heterocycles. The number of methoxy groups -OCH3 is 1. The van der Waals surface area contributed by atoms with E-state index in [9.17, 15) is 0 Å². The monoisotopic (exact) mass is 310 g/mol. The molecule has 1 unspecified atom stereocenters. The molecule has 0 saturated heterocycles. The van der Waals surface area contributed by atoms with Crippen molar-refractivity contribution in [2.24, 2.45) is 12.8 Å². The average molecular weight is 311 g/mol. The van der Waals surface area contributed by atoms with Crippen molar-refractivity contribution in [2.75, 3.05) is 7.11 Å². The van der Waals surface area contributed by atoms with Gasteiger partial charge in [-0.05, 0) is 23.8 Å². The van der Waals surface area contributed by atoms with Gasteiger partial charge in [-0.25, -0.2) is 0 Å². The van der Waals surface area contributed by atoms with Crippen LogP contribution >= 0.6 is 15.9 Å². The van der Waals surface area contributed by atoms with Crippen molar-refractivity contribution in [3.8, 4) is 5.75 Å². The molecule has 1 heterocycles. The molecule has 18 heavy (non-hydrogen) atoms. The SMILES string of the molecule is COc1ccc(Br)c(C(N)Cc2cn(C)nn2)c1. The molecule has 0 amide bonds. The van der Waals surface area contributed by atoms with E-state index < -0.39 is 0 Å². The third kappa shape index (κ3) is 2.88. The fraction of sp³-hybridized carbons (Fsp3) is 0.333. The lowest BCUT2D eigenvalue weighted by molar-refractivity contribution is 0.413. The summed E-state index contributed by atoms with van der Waals surface area (Å²) in [4.78, 5) is 0. The molecule has 1 atom stereocenters. The molecular weight excluding hydrogens is 296 g/mol. The van der Waals surface area contributed by atoms with Gasteiger partial charge in [-0.3, -0.25) is 4.68 Å². The van der Waals surface area contributed by atoms with Crippen LogP contribution in [-0.4, -0.2) is 22.1 Å². The number of nitrogens with zero attached hydrogens (tertiary/aromatic N) is 3. The highest BCUT2D eigenvalue weighted by Crippen LogP contribution is 2.28. The predicted molar refractivity (Wildman–Crippen MR) is 72.3 cm³/mol. The second kappa shape index (κ2) is 5.49. The van der Waals surface area contributed by atoms with Crippen LogP contribution in [0.2, 0.25) is 0 Å². The number of halogens is 1. The van der Waals surface area contributed by atoms with Gasteiger partial charge in [0.15, 0.2) is 0 Å². The summed E-state index contributed by atoms with van der Waals surface area (Å²) in [5.74, 6) is 0.794. The maximum absolute atomic E-state index is 6.20. The Kier molecular flexibility index (Phi) is 3.98. The largest absolute Gasteiger partial charge is 0.497 e. The highest BCUT2D eigenvalue weighted by molar-refractivity contribution is 9.10. The van der Waals surface area contributed by atoms with E-state index in [4.69, 9.17) is 10.5 Å². The quantitative estimate of drug-likeness (QED) is 0.935. The second-order valence-corrected chi connectivity index (χ2v) is 4.94. The van der Waals surface area contributed by atoms with Gasteiger partial charge in [-0.2, -0.15) is 0 Å². The molecule has 2 N–H and O–H groups in total. The van der Waals surface area contributed by atoms with Gasteiger partial charge in [0.1, 0.15) is 5.75 Å². The number of benzene rings is 1. The Morgan fingerprint density at radius 3 is 2.89 bits per heavy atom. The minimum atomic E-state index is -0.147. The van der Waals surface area contributed by atoms with E-state index in [-0.39, 0.29) is 6.04 Å². The van der Waals surface area contributed by atoms with Gasteiger partial charge in [-0.15, -0.1) is 5.10 Å². The first kappa shape index (κ1) is 13.0. The van der Waals surface area contributed by atoms with Crippen LogP contribution in [0.25, 0.3) is 0 Å². The van der Waals surface area contributed by atoms with E-state index in [1.807, 2.05) is 31.4 Å². The van der Waals surface area contributed by atoms with E-state index in [0.29, 0.717) is 6.42 Å². The van der Waals surface area contributed by atoms with Crippen LogP contribution in [-0.2, 0) is 13.5 Å². The molecule has 0 aliphatic rings. The van der Waals surface area contributed by atoms with E-state index in [1.165, 1.54) is 0 Å². The Bertz CT molecular complexity index is 541. The summed E-state index contributed by atoms with van der Waals surface area (Å²) < 4.78 is 7.85. The molecule has 6 heteroatoms. The molecule has 0 fully saturated rings. The van der Waals surface area contributed by atoms with Gasteiger partial charge < -0.3 is 10.5 Å². The van der Waals surface area contributed by atoms with Crippen LogP contribution in [0.1, 0.15) is 17.3 Å². The lowest BCUT2D eigenvalue weighted by atomic mass is 10.0. The number of hydrogen-bond donors (Lipinski definition) is 1. The van der Waals surface area contributed by atoms with E-state index in [0.717, 1.165) is 21.5 Å². The van der Waals surface area contributed by atoms with Gasteiger partial charge in [0.2, 0.25) is 0 Å². The van der Waals surface area contributed by atoms with Crippen LogP contribution in [0.15, 0.2) is 28.9 Å². The predicted octanol–water partition coefficient (Wildman–Crippen LogP) is 1.83. The maximum Gasteiger partial charge on any atom is 0.119 e. The Balaban J connectivity index is 2.20. The van der Waals surface area contributed by atoms with Gasteiger partial charge >= 0.3 is 0 Å². The van der Waals surface area contributed by atoms with Crippen LogP contribution in [0.4, 0.5) is 0 Å². The average Bonchev–Trinajstić information content (AvgIpc) is 2.75. The number of hydrogen-bond acceptors (Lipinski definition) is 4. The van der Waals surface area contributed by atoms with Crippen molar-refractivity contribution in [3.63, 3.8) is 0 Å². The zero-order chi connectivity index (χ0) is 13.1. The highest BCUT2D eigenvalue weighted by Gasteiger charge is 2.13. The molecule has 0 bridgehead atoms. The molecule has 0 spiro atoms. The van der Waals surface area contributed by atoms with Crippen molar-refractivity contribution in [2.45, 2.75) is 12.5 Å². The van der Waals surface area contributed by atoms with Crippen molar-refractivity contribution in [1.29, 1.82) is 0 Å². The number of aromatic nitrogens is 3. The van der Waals surface area contributed by atoms with E-state index in [2.05, 4.69) is 26.2 Å². The third-order valence-electron chi connectivity index (χ3n) is 2.68. The van der Waals surface area contributed by atoms with Gasteiger partial charge in [-0.1, -0.05) is 21.1 Å². The Morgan fingerprint density at radius 2 is 2.28 bits per heavy atom. The molecule has 1 aromatic heterocycles. The summed E-state index contributed by atoms with van der Waals surface area (Å²) in [6.45, 7) is 0. The molecule has 0 saturated carbocycles. The summed E-state index contributed by atoms with van der Waals surface area (Å²) >= 11 is 3.50. The minimum Gasteiger partial charge on any atom is -0.497 e. The van der Waals surface area contributed by atoms with Crippen LogP contribution in [0, 0.1) is 0 Å². The zero-order valence-corrected chi connectivity index (χ0v) is 11.9. The first-order valence-electron chi connectivity index (χ1n) is 5.54. The van der Waals surface area contributed by atoms with Crippen molar-refractivity contribution < 1.29 is 4.74 Å². The van der Waals surface area contributed by atoms with Crippen molar-refractivity contribution in [1.82, 2.24) is 15.0 Å². The molecule has 1 aromatic carbocycles. The molecule has 0 radical (unpaired) electrons. The fourth-order valence-corrected chi connectivity index (χ4v) is 2.30. The molecular formula is C12H15BrN4O. The lowest BCUT2D eigenvalue weighted by Crippen LogP contribution is -2.14. The first-order chi connectivity index (χ1) is 8.60. The fourth-order valence-electron chi connectivity index (χ4n) is 1.76. The number of aryl methyl sites for hydroxylation is 1. The minimum absolute atomic E-state index is 0.147. The van der Waals surface area contributed by atoms with Crippen LogP contribution < -0.4 is 10.5 Å². The summed E-state index contributed by atoms with van der Waals surface area (Å²) in [6, 6.07) is 5.62. The maximum atomic E-state index is 6.20. The molecule has 2 aromatic rings. The van der Waals surface area contributed by atoms with Crippen LogP contribution in [0.3, 0.4) is 0 Å². The molecule has 96 valence electrons. The highest BCUT2D eigenvalue weighted by atomic mass is 79.9. The van der Waals surface area contributed by atoms with Crippen molar-refractivity contribution in [3.05, 3.63) is 40.1 Å².